The van der Waals surface area contributed by atoms with Gasteiger partial charge in [0, 0.05) is 32.7 Å². The minimum absolute atomic E-state index is 0.730. The number of hydrogen-bond acceptors (Lipinski definition) is 4. The Kier molecular flexibility index (Phi) is 4.81. The summed E-state index contributed by atoms with van der Waals surface area (Å²) in [4.78, 5) is 9.52. The molecule has 0 radical (unpaired) electrons. The van der Waals surface area contributed by atoms with E-state index in [-0.39, 0.29) is 0 Å². The van der Waals surface area contributed by atoms with Crippen molar-refractivity contribution in [3.8, 4) is 0 Å². The van der Waals surface area contributed by atoms with E-state index in [0.717, 1.165) is 37.6 Å². The van der Waals surface area contributed by atoms with Crippen molar-refractivity contribution in [1.29, 1.82) is 0 Å². The first-order valence-electron chi connectivity index (χ1n) is 8.56. The van der Waals surface area contributed by atoms with Gasteiger partial charge in [-0.2, -0.15) is 0 Å². The second-order valence-electron chi connectivity index (χ2n) is 6.80. The van der Waals surface area contributed by atoms with Gasteiger partial charge in [0.15, 0.2) is 5.96 Å². The van der Waals surface area contributed by atoms with E-state index in [2.05, 4.69) is 27.2 Å². The van der Waals surface area contributed by atoms with Crippen LogP contribution >= 0.6 is 0 Å². The summed E-state index contributed by atoms with van der Waals surface area (Å²) >= 11 is 0. The van der Waals surface area contributed by atoms with Crippen LogP contribution < -0.4 is 5.32 Å². The first kappa shape index (κ1) is 14.2. The summed E-state index contributed by atoms with van der Waals surface area (Å²) in [5, 5.41) is 3.57. The largest absolute Gasteiger partial charge is 0.355 e. The van der Waals surface area contributed by atoms with Crippen LogP contribution in [0.15, 0.2) is 4.99 Å². The first-order valence-corrected chi connectivity index (χ1v) is 8.56. The van der Waals surface area contributed by atoms with Crippen LogP contribution in [0.3, 0.4) is 0 Å². The summed E-state index contributed by atoms with van der Waals surface area (Å²) in [7, 11) is 2.13. The fourth-order valence-corrected chi connectivity index (χ4v) is 4.00. The van der Waals surface area contributed by atoms with Crippen molar-refractivity contribution in [2.75, 3.05) is 39.8 Å². The molecule has 0 amide bonds. The number of nitrogens with one attached hydrogen (secondary N) is 1. The molecule has 1 saturated heterocycles. The minimum Gasteiger partial charge on any atom is -0.355 e. The van der Waals surface area contributed by atoms with Crippen LogP contribution in [0.25, 0.3) is 0 Å². The normalized spacial score (nSPS) is 28.9. The van der Waals surface area contributed by atoms with Crippen LogP contribution in [0, 0.1) is 5.92 Å². The van der Waals surface area contributed by atoms with Gasteiger partial charge in [0.05, 0.1) is 6.54 Å². The summed E-state index contributed by atoms with van der Waals surface area (Å²) in [6.45, 7) is 5.75. The van der Waals surface area contributed by atoms with E-state index < -0.39 is 0 Å². The molecule has 0 bridgehead atoms. The van der Waals surface area contributed by atoms with Gasteiger partial charge < -0.3 is 10.2 Å². The summed E-state index contributed by atoms with van der Waals surface area (Å²) < 4.78 is 0. The predicted octanol–water partition coefficient (Wildman–Crippen LogP) is 1.92. The van der Waals surface area contributed by atoms with E-state index in [4.69, 9.17) is 0 Å². The van der Waals surface area contributed by atoms with Crippen molar-refractivity contribution < 1.29 is 0 Å². The molecule has 1 atom stereocenters. The topological polar surface area (TPSA) is 30.9 Å². The number of likely N-dealkylation sites (N-methyl/N-ethyl adjacent to an activating group) is 1. The summed E-state index contributed by atoms with van der Waals surface area (Å²) in [6, 6.07) is 0.730. The van der Waals surface area contributed by atoms with Crippen molar-refractivity contribution in [3.63, 3.8) is 0 Å². The predicted molar refractivity (Wildman–Crippen MR) is 84.1 cm³/mol. The van der Waals surface area contributed by atoms with Crippen molar-refractivity contribution in [1.82, 2.24) is 15.1 Å². The second kappa shape index (κ2) is 6.79. The van der Waals surface area contributed by atoms with E-state index in [1.807, 2.05) is 0 Å². The molecular weight excluding hydrogens is 248 g/mol. The van der Waals surface area contributed by atoms with Gasteiger partial charge in [-0.15, -0.1) is 0 Å². The Balaban J connectivity index is 1.45. The zero-order chi connectivity index (χ0) is 13.8. The van der Waals surface area contributed by atoms with Crippen molar-refractivity contribution in [2.24, 2.45) is 10.9 Å². The summed E-state index contributed by atoms with van der Waals surface area (Å²) in [6.07, 6.45) is 10.1. The van der Waals surface area contributed by atoms with Crippen LogP contribution in [0.1, 0.15) is 44.9 Å². The number of guanidine groups is 1. The van der Waals surface area contributed by atoms with E-state index in [9.17, 15) is 0 Å². The Bertz CT molecular complexity index is 335. The highest BCUT2D eigenvalue weighted by Gasteiger charge is 2.27. The molecule has 2 aliphatic heterocycles. The number of nitrogens with zero attached hydrogens (tertiary/aromatic N) is 3. The van der Waals surface area contributed by atoms with Gasteiger partial charge in [0.1, 0.15) is 0 Å². The maximum atomic E-state index is 4.53. The van der Waals surface area contributed by atoms with Crippen molar-refractivity contribution in [3.05, 3.63) is 0 Å². The average Bonchev–Trinajstić information content (AvgIpc) is 3.07. The van der Waals surface area contributed by atoms with Gasteiger partial charge in [-0.05, 0) is 38.1 Å². The molecule has 0 aromatic rings. The molecule has 4 heteroatoms. The molecule has 2 heterocycles. The molecule has 1 aliphatic carbocycles. The molecule has 0 aromatic carbocycles. The van der Waals surface area contributed by atoms with Crippen molar-refractivity contribution in [2.45, 2.75) is 51.0 Å². The van der Waals surface area contributed by atoms with Crippen LogP contribution in [0.5, 0.6) is 0 Å². The maximum absolute atomic E-state index is 4.53. The van der Waals surface area contributed by atoms with E-state index in [0.29, 0.717) is 0 Å². The van der Waals surface area contributed by atoms with Gasteiger partial charge in [-0.25, -0.2) is 0 Å². The highest BCUT2D eigenvalue weighted by atomic mass is 15.3. The lowest BCUT2D eigenvalue weighted by Gasteiger charge is -2.31. The fraction of sp³-hybridized carbons (Fsp3) is 0.938. The molecule has 1 N–H and O–H groups in total. The Morgan fingerprint density at radius 1 is 1.10 bits per heavy atom. The lowest BCUT2D eigenvalue weighted by molar-refractivity contribution is 0.187. The zero-order valence-corrected chi connectivity index (χ0v) is 13.0. The molecule has 3 rings (SSSR count). The molecular formula is C16H30N4. The van der Waals surface area contributed by atoms with Crippen LogP contribution in [-0.4, -0.2) is 61.6 Å². The van der Waals surface area contributed by atoms with Gasteiger partial charge in [-0.1, -0.05) is 19.3 Å². The third-order valence-electron chi connectivity index (χ3n) is 5.27. The van der Waals surface area contributed by atoms with E-state index in [1.165, 1.54) is 58.0 Å². The smallest absolute Gasteiger partial charge is 0.193 e. The molecule has 3 aliphatic rings. The summed E-state index contributed by atoms with van der Waals surface area (Å²) in [5.74, 6) is 2.07. The average molecular weight is 278 g/mol. The van der Waals surface area contributed by atoms with Gasteiger partial charge in [0.25, 0.3) is 0 Å². The third kappa shape index (κ3) is 3.46. The molecule has 1 saturated carbocycles. The van der Waals surface area contributed by atoms with Crippen LogP contribution in [0.4, 0.5) is 0 Å². The Morgan fingerprint density at radius 3 is 2.70 bits per heavy atom. The molecule has 4 nitrogen and oxygen atoms in total. The maximum Gasteiger partial charge on any atom is 0.193 e. The Morgan fingerprint density at radius 2 is 1.95 bits per heavy atom. The van der Waals surface area contributed by atoms with Gasteiger partial charge in [0.2, 0.25) is 0 Å². The molecule has 0 spiro atoms. The first-order chi connectivity index (χ1) is 9.83. The van der Waals surface area contributed by atoms with E-state index >= 15 is 0 Å². The number of rotatable bonds is 4. The monoisotopic (exact) mass is 278 g/mol. The highest BCUT2D eigenvalue weighted by Crippen LogP contribution is 2.27. The second-order valence-corrected chi connectivity index (χ2v) is 6.80. The van der Waals surface area contributed by atoms with Gasteiger partial charge >= 0.3 is 0 Å². The number of aliphatic imine (C=N–C) groups is 1. The lowest BCUT2D eigenvalue weighted by atomic mass is 9.89. The number of likely N-dealkylation sites (tertiary alicyclic amines) is 1. The standard InChI is InChI=1S/C16H30N4/c1-19-11-9-17-16(19)18-12-15-8-5-10-20(15)13-14-6-3-2-4-7-14/h14-15H,2-13H2,1H3,(H,17,18). The molecule has 2 fully saturated rings. The zero-order valence-electron chi connectivity index (χ0n) is 13.0. The van der Waals surface area contributed by atoms with E-state index in [1.54, 1.807) is 0 Å². The fourth-order valence-electron chi connectivity index (χ4n) is 4.00. The molecule has 20 heavy (non-hydrogen) atoms. The molecule has 1 unspecified atom stereocenters. The lowest BCUT2D eigenvalue weighted by Crippen LogP contribution is -2.45. The van der Waals surface area contributed by atoms with Crippen molar-refractivity contribution >= 4 is 5.96 Å². The summed E-state index contributed by atoms with van der Waals surface area (Å²) in [5.41, 5.74) is 0. The molecule has 0 aromatic heterocycles. The Hall–Kier alpha value is -0.770. The quantitative estimate of drug-likeness (QED) is 0.852. The minimum atomic E-state index is 0.730. The number of hydrogen-bond donors (Lipinski definition) is 1. The Labute approximate surface area is 123 Å². The molecule has 114 valence electrons. The third-order valence-corrected chi connectivity index (χ3v) is 5.27. The van der Waals surface area contributed by atoms with Gasteiger partial charge in [-0.3, -0.25) is 9.89 Å². The van der Waals surface area contributed by atoms with Crippen LogP contribution in [-0.2, 0) is 0 Å². The van der Waals surface area contributed by atoms with Crippen LogP contribution in [0.2, 0.25) is 0 Å². The SMILES string of the molecule is CN1CCN=C1NCC1CCCN1CC1CCCCC1. The highest BCUT2D eigenvalue weighted by molar-refractivity contribution is 5.81.